The fourth-order valence-electron chi connectivity index (χ4n) is 1.49. The Kier molecular flexibility index (Phi) is 3.36. The van der Waals surface area contributed by atoms with Gasteiger partial charge in [-0.15, -0.1) is 0 Å². The van der Waals surface area contributed by atoms with E-state index in [-0.39, 0.29) is 0 Å². The number of H-pyrrole nitrogens is 1. The van der Waals surface area contributed by atoms with Crippen LogP contribution < -0.4 is 0 Å². The van der Waals surface area contributed by atoms with Crippen molar-refractivity contribution in [3.63, 3.8) is 0 Å². The minimum absolute atomic E-state index is 0.391. The summed E-state index contributed by atoms with van der Waals surface area (Å²) in [6.07, 6.45) is 0. The van der Waals surface area contributed by atoms with Gasteiger partial charge in [-0.1, -0.05) is 17.8 Å². The molecule has 2 aromatic rings. The smallest absolute Gasteiger partial charge is 0.170 e. The highest BCUT2D eigenvalue weighted by atomic mass is 32.2. The summed E-state index contributed by atoms with van der Waals surface area (Å²) in [6, 6.07) is 9.32. The van der Waals surface area contributed by atoms with Gasteiger partial charge in [0.25, 0.3) is 0 Å². The molecule has 1 heterocycles. The second kappa shape index (κ2) is 4.95. The van der Waals surface area contributed by atoms with Crippen molar-refractivity contribution in [1.82, 2.24) is 9.97 Å². The van der Waals surface area contributed by atoms with E-state index in [1.165, 1.54) is 11.8 Å². The highest BCUT2D eigenvalue weighted by Gasteiger charge is 2.11. The number of aryl methyl sites for hydroxylation is 2. The molecule has 0 aliphatic heterocycles. The number of nitrogens with one attached hydrogen (secondary N) is 1. The van der Waals surface area contributed by atoms with Crippen molar-refractivity contribution in [3.05, 3.63) is 40.7 Å². The first-order valence-corrected chi connectivity index (χ1v) is 6.11. The molecule has 0 bridgehead atoms. The molecule has 4 nitrogen and oxygen atoms in total. The lowest BCUT2D eigenvalue weighted by Crippen LogP contribution is -1.87. The van der Waals surface area contributed by atoms with Gasteiger partial charge in [0, 0.05) is 10.6 Å². The van der Waals surface area contributed by atoms with Gasteiger partial charge in [-0.3, -0.25) is 0 Å². The molecule has 0 aliphatic carbocycles. The quantitative estimate of drug-likeness (QED) is 0.893. The lowest BCUT2D eigenvalue weighted by Gasteiger charge is -2.02. The second-order valence-electron chi connectivity index (χ2n) is 3.76. The molecular formula is C13H10N4S. The topological polar surface area (TPSA) is 76.3 Å². The fourth-order valence-corrected chi connectivity index (χ4v) is 2.49. The number of hydrogen-bond acceptors (Lipinski definition) is 4. The van der Waals surface area contributed by atoms with Crippen molar-refractivity contribution >= 4 is 11.8 Å². The number of hydrogen-bond donors (Lipinski definition) is 1. The van der Waals surface area contributed by atoms with Crippen LogP contribution in [0, 0.1) is 36.5 Å². The molecule has 1 N–H and O–H groups in total. The van der Waals surface area contributed by atoms with Gasteiger partial charge in [0.1, 0.15) is 12.1 Å². The van der Waals surface area contributed by atoms with Crippen molar-refractivity contribution in [1.29, 1.82) is 10.5 Å². The SMILES string of the molecule is Cc1nc(Sc2cccc(C#N)c2C#N)[nH]c1C. The Morgan fingerprint density at radius 3 is 2.56 bits per heavy atom. The van der Waals surface area contributed by atoms with E-state index in [1.54, 1.807) is 12.1 Å². The zero-order valence-electron chi connectivity index (χ0n) is 9.98. The third-order valence-corrected chi connectivity index (χ3v) is 3.52. The molecule has 0 radical (unpaired) electrons. The molecule has 0 saturated carbocycles. The Hall–Kier alpha value is -2.24. The lowest BCUT2D eigenvalue weighted by atomic mass is 10.1. The average molecular weight is 254 g/mol. The van der Waals surface area contributed by atoms with Crippen LogP contribution in [0.5, 0.6) is 0 Å². The van der Waals surface area contributed by atoms with Gasteiger partial charge in [-0.2, -0.15) is 10.5 Å². The number of nitrogens with zero attached hydrogens (tertiary/aromatic N) is 3. The Bertz CT molecular complexity index is 654. The average Bonchev–Trinajstić information content (AvgIpc) is 2.68. The summed E-state index contributed by atoms with van der Waals surface area (Å²) in [7, 11) is 0. The van der Waals surface area contributed by atoms with Gasteiger partial charge in [-0.05, 0) is 26.0 Å². The number of aromatic amines is 1. The van der Waals surface area contributed by atoms with Crippen LogP contribution in [-0.2, 0) is 0 Å². The largest absolute Gasteiger partial charge is 0.337 e. The number of benzene rings is 1. The molecule has 0 unspecified atom stereocenters. The molecule has 0 atom stereocenters. The summed E-state index contributed by atoms with van der Waals surface area (Å²) in [5, 5.41) is 18.8. The minimum atomic E-state index is 0.391. The molecule has 1 aromatic heterocycles. The van der Waals surface area contributed by atoms with Crippen LogP contribution in [0.25, 0.3) is 0 Å². The van der Waals surface area contributed by atoms with Gasteiger partial charge in [0.05, 0.1) is 16.8 Å². The first-order chi connectivity index (χ1) is 8.65. The van der Waals surface area contributed by atoms with Crippen LogP contribution in [-0.4, -0.2) is 9.97 Å². The zero-order chi connectivity index (χ0) is 13.1. The summed E-state index contributed by atoms with van der Waals surface area (Å²) in [6.45, 7) is 3.87. The maximum absolute atomic E-state index is 9.12. The van der Waals surface area contributed by atoms with E-state index in [9.17, 15) is 0 Å². The molecule has 0 aliphatic rings. The minimum Gasteiger partial charge on any atom is -0.337 e. The Morgan fingerprint density at radius 1 is 1.22 bits per heavy atom. The Labute approximate surface area is 109 Å². The molecular weight excluding hydrogens is 244 g/mol. The van der Waals surface area contributed by atoms with E-state index >= 15 is 0 Å². The van der Waals surface area contributed by atoms with E-state index in [0.717, 1.165) is 21.4 Å². The van der Waals surface area contributed by atoms with Gasteiger partial charge >= 0.3 is 0 Å². The van der Waals surface area contributed by atoms with Gasteiger partial charge in [0.15, 0.2) is 5.16 Å². The predicted molar refractivity (Wildman–Crippen MR) is 68.1 cm³/mol. The van der Waals surface area contributed by atoms with E-state index in [2.05, 4.69) is 16.0 Å². The Morgan fingerprint density at radius 2 is 2.00 bits per heavy atom. The van der Waals surface area contributed by atoms with Crippen LogP contribution in [0.1, 0.15) is 22.5 Å². The maximum Gasteiger partial charge on any atom is 0.170 e. The van der Waals surface area contributed by atoms with E-state index in [4.69, 9.17) is 10.5 Å². The van der Waals surface area contributed by atoms with Crippen molar-refractivity contribution in [2.45, 2.75) is 23.9 Å². The Balaban J connectivity index is 2.41. The van der Waals surface area contributed by atoms with E-state index in [0.29, 0.717) is 11.1 Å². The highest BCUT2D eigenvalue weighted by Crippen LogP contribution is 2.30. The molecule has 0 saturated heterocycles. The van der Waals surface area contributed by atoms with Crippen molar-refractivity contribution < 1.29 is 0 Å². The zero-order valence-corrected chi connectivity index (χ0v) is 10.8. The number of nitriles is 2. The summed E-state index contributed by atoms with van der Waals surface area (Å²) < 4.78 is 0. The number of aromatic nitrogens is 2. The third-order valence-electron chi connectivity index (χ3n) is 2.57. The van der Waals surface area contributed by atoms with Gasteiger partial charge < -0.3 is 4.98 Å². The number of rotatable bonds is 2. The lowest BCUT2D eigenvalue weighted by molar-refractivity contribution is 1.03. The summed E-state index contributed by atoms with van der Waals surface area (Å²) >= 11 is 1.36. The first kappa shape index (κ1) is 12.2. The van der Waals surface area contributed by atoms with Gasteiger partial charge in [0.2, 0.25) is 0 Å². The molecule has 1 aromatic carbocycles. The highest BCUT2D eigenvalue weighted by molar-refractivity contribution is 7.99. The standard InChI is InChI=1S/C13H10N4S/c1-8-9(2)17-13(16-8)18-12-5-3-4-10(6-14)11(12)7-15/h3-5H,1-2H3,(H,16,17). The molecule has 2 rings (SSSR count). The normalized spacial score (nSPS) is 9.78. The van der Waals surface area contributed by atoms with Crippen LogP contribution in [0.4, 0.5) is 0 Å². The molecule has 5 heteroatoms. The molecule has 0 amide bonds. The number of imidazole rings is 1. The third kappa shape index (κ3) is 2.22. The maximum atomic E-state index is 9.12. The van der Waals surface area contributed by atoms with Crippen LogP contribution >= 0.6 is 11.8 Å². The molecule has 0 spiro atoms. The van der Waals surface area contributed by atoms with Crippen molar-refractivity contribution in [2.24, 2.45) is 0 Å². The summed E-state index contributed by atoms with van der Waals surface area (Å²) in [5.41, 5.74) is 2.74. The molecule has 0 fully saturated rings. The summed E-state index contributed by atoms with van der Waals surface area (Å²) in [4.78, 5) is 8.23. The van der Waals surface area contributed by atoms with Crippen LogP contribution in [0.15, 0.2) is 28.3 Å². The van der Waals surface area contributed by atoms with Crippen molar-refractivity contribution in [2.75, 3.05) is 0 Å². The van der Waals surface area contributed by atoms with E-state index in [1.807, 2.05) is 26.0 Å². The monoisotopic (exact) mass is 254 g/mol. The van der Waals surface area contributed by atoms with Crippen molar-refractivity contribution in [3.8, 4) is 12.1 Å². The fraction of sp³-hybridized carbons (Fsp3) is 0.154. The summed E-state index contributed by atoms with van der Waals surface area (Å²) in [5.74, 6) is 0. The molecule has 88 valence electrons. The van der Waals surface area contributed by atoms with Crippen LogP contribution in [0.3, 0.4) is 0 Å². The first-order valence-electron chi connectivity index (χ1n) is 5.30. The predicted octanol–water partition coefficient (Wildman–Crippen LogP) is 2.92. The van der Waals surface area contributed by atoms with E-state index < -0.39 is 0 Å². The van der Waals surface area contributed by atoms with Crippen LogP contribution in [0.2, 0.25) is 0 Å². The second-order valence-corrected chi connectivity index (χ2v) is 4.79. The van der Waals surface area contributed by atoms with Gasteiger partial charge in [-0.25, -0.2) is 4.98 Å². The molecule has 18 heavy (non-hydrogen) atoms.